The first-order valence-electron chi connectivity index (χ1n) is 19.3. The molecule has 2 aliphatic heterocycles. The van der Waals surface area contributed by atoms with Crippen molar-refractivity contribution in [1.82, 2.24) is 10.2 Å². The topological polar surface area (TPSA) is 143 Å². The standard InChI is InChI=1S/C19H23F5N2O4S.C14H21FN2O2S.C5H3ClF4O2/c1-11(2)14-10-25(12-4-5-13(20)15(8-12)31(3,28)29)6-7-26(14)17(27)30-16-9-18(21,22)19(16,23)24;1-10(2)13-9-17(7-6-16-13)11-4-5-12(15)14(8-11)20(3,18)19;6-3(11)12-2-1-4(7,8)5(2,9)10/h4-5,8,11,14,16H,6-7,9-10H2,1-3H3;4-5,8,10,13,16H,6-7,9H2,1-3H3;2H,1H2/t14-,16?;13-;/m00./s1. The number of rotatable bonds is 8. The summed E-state index contributed by atoms with van der Waals surface area (Å²) in [6.45, 7) is 10.7. The molecule has 2 unspecified atom stereocenters. The van der Waals surface area contributed by atoms with Crippen molar-refractivity contribution in [2.45, 2.75) is 98.3 Å². The van der Waals surface area contributed by atoms with Crippen LogP contribution in [0.5, 0.6) is 0 Å². The Bertz CT molecular complexity index is 2220. The van der Waals surface area contributed by atoms with Crippen molar-refractivity contribution in [2.24, 2.45) is 11.8 Å². The van der Waals surface area contributed by atoms with E-state index in [0.29, 0.717) is 17.6 Å². The highest BCUT2D eigenvalue weighted by molar-refractivity contribution is 7.91. The molecule has 1 N–H and O–H groups in total. The maximum Gasteiger partial charge on any atom is 0.410 e. The molecule has 2 saturated heterocycles. The van der Waals surface area contributed by atoms with E-state index >= 15 is 0 Å². The Morgan fingerprint density at radius 1 is 0.698 bits per heavy atom. The number of benzene rings is 2. The number of anilines is 2. The molecule has 0 radical (unpaired) electrons. The lowest BCUT2D eigenvalue weighted by atomic mass is 9.85. The minimum Gasteiger partial charge on any atom is -0.443 e. The van der Waals surface area contributed by atoms with Crippen LogP contribution >= 0.6 is 11.6 Å². The smallest absolute Gasteiger partial charge is 0.410 e. The van der Waals surface area contributed by atoms with E-state index in [-0.39, 0.29) is 30.4 Å². The van der Waals surface area contributed by atoms with Crippen LogP contribution in [0.1, 0.15) is 40.5 Å². The van der Waals surface area contributed by atoms with E-state index in [1.165, 1.54) is 29.2 Å². The largest absolute Gasteiger partial charge is 0.443 e. The summed E-state index contributed by atoms with van der Waals surface area (Å²) in [5.74, 6) is -18.2. The summed E-state index contributed by atoms with van der Waals surface area (Å²) in [6, 6.07) is 7.80. The van der Waals surface area contributed by atoms with Gasteiger partial charge in [-0.2, -0.15) is 35.1 Å². The molecule has 0 bridgehead atoms. The number of carbonyl (C=O) groups is 2. The molecule has 1 amide bonds. The Morgan fingerprint density at radius 2 is 1.14 bits per heavy atom. The zero-order valence-corrected chi connectivity index (χ0v) is 37.1. The number of alkyl halides is 8. The molecule has 356 valence electrons. The van der Waals surface area contributed by atoms with Gasteiger partial charge < -0.3 is 29.5 Å². The highest BCUT2D eigenvalue weighted by Crippen LogP contribution is 2.53. The number of nitrogens with one attached hydrogen (secondary N) is 1. The molecule has 2 aromatic rings. The summed E-state index contributed by atoms with van der Waals surface area (Å²) >= 11 is 4.57. The van der Waals surface area contributed by atoms with Crippen LogP contribution in [0, 0.1) is 23.5 Å². The summed E-state index contributed by atoms with van der Waals surface area (Å²) in [4.78, 5) is 26.8. The van der Waals surface area contributed by atoms with Crippen molar-refractivity contribution in [1.29, 1.82) is 0 Å². The average molecular weight is 977 g/mol. The van der Waals surface area contributed by atoms with Gasteiger partial charge in [0.05, 0.1) is 18.9 Å². The van der Waals surface area contributed by atoms with Crippen LogP contribution in [0.3, 0.4) is 0 Å². The van der Waals surface area contributed by atoms with E-state index in [0.717, 1.165) is 43.9 Å². The van der Waals surface area contributed by atoms with E-state index in [1.807, 2.05) is 0 Å². The van der Waals surface area contributed by atoms with Gasteiger partial charge in [0.25, 0.3) is 0 Å². The van der Waals surface area contributed by atoms with Crippen LogP contribution in [0.15, 0.2) is 46.2 Å². The Kier molecular flexibility index (Phi) is 15.6. The average Bonchev–Trinajstić information content (AvgIpc) is 3.17. The highest BCUT2D eigenvalue weighted by atomic mass is 35.5. The molecule has 0 spiro atoms. The second-order valence-electron chi connectivity index (χ2n) is 16.3. The number of nitrogens with zero attached hydrogens (tertiary/aromatic N) is 3. The lowest BCUT2D eigenvalue weighted by Gasteiger charge is -2.46. The van der Waals surface area contributed by atoms with Crippen LogP contribution in [-0.2, 0) is 29.1 Å². The molecule has 2 aliphatic carbocycles. The van der Waals surface area contributed by atoms with Crippen molar-refractivity contribution in [2.75, 3.05) is 61.6 Å². The molecule has 4 atom stereocenters. The van der Waals surface area contributed by atoms with Crippen LogP contribution in [0.2, 0.25) is 0 Å². The third kappa shape index (κ3) is 11.7. The fraction of sp³-hybridized carbons (Fsp3) is 0.632. The Hall–Kier alpha value is -3.77. The fourth-order valence-corrected chi connectivity index (χ4v) is 8.60. The number of piperazine rings is 2. The molecule has 25 heteroatoms. The third-order valence-electron chi connectivity index (χ3n) is 10.9. The number of ether oxygens (including phenoxy) is 2. The number of halogens is 11. The molecule has 6 rings (SSSR count). The molecule has 0 aromatic heterocycles. The van der Waals surface area contributed by atoms with E-state index in [1.54, 1.807) is 24.8 Å². The molecule has 2 heterocycles. The van der Waals surface area contributed by atoms with Crippen molar-refractivity contribution in [3.63, 3.8) is 0 Å². The van der Waals surface area contributed by atoms with Gasteiger partial charge in [-0.1, -0.05) is 27.7 Å². The molecule has 12 nitrogen and oxygen atoms in total. The van der Waals surface area contributed by atoms with Crippen molar-refractivity contribution >= 4 is 54.2 Å². The predicted molar refractivity (Wildman–Crippen MR) is 211 cm³/mol. The van der Waals surface area contributed by atoms with Crippen LogP contribution in [0.4, 0.5) is 64.9 Å². The Balaban J connectivity index is 0.000000232. The van der Waals surface area contributed by atoms with Crippen molar-refractivity contribution in [3.05, 3.63) is 48.0 Å². The van der Waals surface area contributed by atoms with Gasteiger partial charge in [0, 0.05) is 80.8 Å². The van der Waals surface area contributed by atoms with Gasteiger partial charge in [-0.25, -0.2) is 35.2 Å². The molecule has 4 aliphatic rings. The first-order valence-corrected chi connectivity index (χ1v) is 23.4. The van der Waals surface area contributed by atoms with E-state index in [4.69, 9.17) is 0 Å². The van der Waals surface area contributed by atoms with Gasteiger partial charge in [-0.15, -0.1) is 0 Å². The minimum absolute atomic E-state index is 0.0297. The third-order valence-corrected chi connectivity index (χ3v) is 13.2. The van der Waals surface area contributed by atoms with Gasteiger partial charge in [0.1, 0.15) is 21.4 Å². The number of sulfone groups is 2. The maximum absolute atomic E-state index is 13.9. The van der Waals surface area contributed by atoms with Crippen LogP contribution in [0.25, 0.3) is 0 Å². The Morgan fingerprint density at radius 3 is 1.52 bits per heavy atom. The molecule has 2 saturated carbocycles. The summed E-state index contributed by atoms with van der Waals surface area (Å²) in [5, 5.41) is 3.44. The number of hydrogen-bond donors (Lipinski definition) is 1. The molecule has 63 heavy (non-hydrogen) atoms. The van der Waals surface area contributed by atoms with E-state index in [2.05, 4.69) is 45.1 Å². The van der Waals surface area contributed by atoms with Crippen LogP contribution in [-0.4, -0.2) is 133 Å². The Labute approximate surface area is 363 Å². The zero-order chi connectivity index (χ0) is 47.8. The summed E-state index contributed by atoms with van der Waals surface area (Å²) in [6.07, 6.45) is -5.88. The number of carbonyl (C=O) groups excluding carboxylic acids is 2. The number of hydrogen-bond acceptors (Lipinski definition) is 11. The van der Waals surface area contributed by atoms with Gasteiger partial charge in [-0.05, 0) is 48.2 Å². The summed E-state index contributed by atoms with van der Waals surface area (Å²) in [5.41, 5.74) is -0.320. The van der Waals surface area contributed by atoms with E-state index < -0.39 is 103 Å². The molecule has 2 aromatic carbocycles. The quantitative estimate of drug-likeness (QED) is 0.206. The normalized spacial score (nSPS) is 24.8. The lowest BCUT2D eigenvalue weighted by molar-refractivity contribution is -0.330. The minimum atomic E-state index is -4.41. The SMILES string of the molecule is CC(C)[C@@H]1CN(c2ccc(F)c(S(C)(=O)=O)c2)CCN1.CC(C)[C@@H]1CN(c2ccc(F)c(S(C)(=O)=O)c2)CCN1C(=O)OC1CC(F)(F)C1(F)F.O=C(Cl)OC1CC(F)(F)C1(F)F. The fourth-order valence-electron chi connectivity index (χ4n) is 6.98. The van der Waals surface area contributed by atoms with Crippen molar-refractivity contribution < 1.29 is 79.8 Å². The van der Waals surface area contributed by atoms with Crippen molar-refractivity contribution in [3.8, 4) is 0 Å². The monoisotopic (exact) mass is 976 g/mol. The highest BCUT2D eigenvalue weighted by Gasteiger charge is 2.75. The first-order chi connectivity index (χ1) is 28.7. The van der Waals surface area contributed by atoms with Gasteiger partial charge in [0.15, 0.2) is 31.9 Å². The van der Waals surface area contributed by atoms with Gasteiger partial charge in [-0.3, -0.25) is 0 Å². The zero-order valence-electron chi connectivity index (χ0n) is 34.7. The number of amides is 1. The predicted octanol–water partition coefficient (Wildman–Crippen LogP) is 7.62. The molecular formula is C38H47ClF10N4O8S2. The van der Waals surface area contributed by atoms with E-state index in [9.17, 15) is 70.3 Å². The summed E-state index contributed by atoms with van der Waals surface area (Å²) < 4.78 is 184. The second kappa shape index (κ2) is 19.0. The maximum atomic E-state index is 13.9. The van der Waals surface area contributed by atoms with Crippen LogP contribution < -0.4 is 15.1 Å². The van der Waals surface area contributed by atoms with Gasteiger partial charge >= 0.3 is 35.2 Å². The first kappa shape index (κ1) is 51.9. The molecule has 4 fully saturated rings. The second-order valence-corrected chi connectivity index (χ2v) is 20.5. The lowest BCUT2D eigenvalue weighted by Crippen LogP contribution is -2.65. The summed E-state index contributed by atoms with van der Waals surface area (Å²) in [7, 11) is -7.34. The van der Waals surface area contributed by atoms with Gasteiger partial charge in [0.2, 0.25) is 0 Å². The molecular weight excluding hydrogens is 930 g/mol.